The third-order valence-electron chi connectivity index (χ3n) is 2.28. The lowest BCUT2D eigenvalue weighted by Crippen LogP contribution is -1.93. The molecule has 104 valence electrons. The zero-order valence-electron chi connectivity index (χ0n) is 9.74. The topological polar surface area (TPSA) is 57.5 Å². The number of phenols is 1. The Labute approximate surface area is 142 Å². The van der Waals surface area contributed by atoms with Crippen molar-refractivity contribution in [1.82, 2.24) is 4.98 Å². The van der Waals surface area contributed by atoms with Crippen LogP contribution in [0, 0.1) is 0 Å². The molecule has 0 radical (unpaired) electrons. The number of hydrogen-bond donors (Lipinski definition) is 2. The number of nitrogens with zero attached hydrogens (tertiary/aromatic N) is 2. The molecule has 2 rings (SSSR count). The van der Waals surface area contributed by atoms with Gasteiger partial charge in [-0.1, -0.05) is 23.2 Å². The number of rotatable bonds is 3. The van der Waals surface area contributed by atoms with Crippen molar-refractivity contribution in [2.24, 2.45) is 5.10 Å². The molecule has 0 bridgehead atoms. The highest BCUT2D eigenvalue weighted by Gasteiger charge is 2.06. The summed E-state index contributed by atoms with van der Waals surface area (Å²) in [6.45, 7) is 0. The normalized spacial score (nSPS) is 11.0. The maximum absolute atomic E-state index is 9.61. The Hall–Kier alpha value is -0.820. The predicted molar refractivity (Wildman–Crippen MR) is 89.0 cm³/mol. The molecule has 0 fully saturated rings. The molecule has 1 aromatic carbocycles. The van der Waals surface area contributed by atoms with Gasteiger partial charge in [-0.15, -0.1) is 0 Å². The Bertz CT molecular complexity index is 636. The van der Waals surface area contributed by atoms with E-state index in [-0.39, 0.29) is 5.75 Å². The minimum absolute atomic E-state index is 0.135. The smallest absolute Gasteiger partial charge is 0.143 e. The summed E-state index contributed by atoms with van der Waals surface area (Å²) < 4.78 is 1.13. The quantitative estimate of drug-likeness (QED) is 0.519. The molecule has 0 aliphatic rings. The molecule has 2 N–H and O–H groups in total. The van der Waals surface area contributed by atoms with E-state index in [2.05, 4.69) is 47.4 Å². The standard InChI is InChI=1S/C12H7Br2Cl2N3O/c13-7-1-6(2-8(14)12(7)20)3-18-19-11-9(15)4-17-5-10(11)16/h1-5,20H,(H,17,19)/b18-3+. The minimum atomic E-state index is 0.135. The maximum Gasteiger partial charge on any atom is 0.143 e. The van der Waals surface area contributed by atoms with Gasteiger partial charge in [0.25, 0.3) is 0 Å². The molecule has 1 aromatic heterocycles. The largest absolute Gasteiger partial charge is 0.506 e. The molecule has 0 atom stereocenters. The van der Waals surface area contributed by atoms with Crippen LogP contribution < -0.4 is 5.43 Å². The van der Waals surface area contributed by atoms with Crippen molar-refractivity contribution in [3.8, 4) is 5.75 Å². The van der Waals surface area contributed by atoms with Crippen LogP contribution in [-0.4, -0.2) is 16.3 Å². The summed E-state index contributed by atoms with van der Waals surface area (Å²) in [6.07, 6.45) is 4.51. The number of hydrazone groups is 1. The maximum atomic E-state index is 9.61. The Balaban J connectivity index is 2.19. The van der Waals surface area contributed by atoms with Gasteiger partial charge in [0.05, 0.1) is 30.9 Å². The lowest BCUT2D eigenvalue weighted by molar-refractivity contribution is 0.468. The highest BCUT2D eigenvalue weighted by molar-refractivity contribution is 9.11. The number of anilines is 1. The van der Waals surface area contributed by atoms with E-state index in [4.69, 9.17) is 23.2 Å². The third kappa shape index (κ3) is 3.63. The van der Waals surface area contributed by atoms with E-state index in [1.54, 1.807) is 18.3 Å². The van der Waals surface area contributed by atoms with Crippen LogP contribution in [0.5, 0.6) is 5.75 Å². The summed E-state index contributed by atoms with van der Waals surface area (Å²) in [5.74, 6) is 0.135. The molecule has 0 amide bonds. The molecule has 8 heteroatoms. The van der Waals surface area contributed by atoms with Crippen LogP contribution in [0.3, 0.4) is 0 Å². The Kier molecular flexibility index (Phi) is 5.26. The van der Waals surface area contributed by atoms with Crippen LogP contribution in [0.4, 0.5) is 5.69 Å². The molecule has 0 aliphatic carbocycles. The molecule has 2 aromatic rings. The minimum Gasteiger partial charge on any atom is -0.506 e. The van der Waals surface area contributed by atoms with Crippen molar-refractivity contribution in [2.75, 3.05) is 5.43 Å². The fourth-order valence-corrected chi connectivity index (χ4v) is 3.02. The van der Waals surface area contributed by atoms with Crippen LogP contribution in [0.15, 0.2) is 38.6 Å². The molecule has 20 heavy (non-hydrogen) atoms. The lowest BCUT2D eigenvalue weighted by atomic mass is 10.2. The van der Waals surface area contributed by atoms with Gasteiger partial charge in [-0.25, -0.2) is 0 Å². The van der Waals surface area contributed by atoms with E-state index in [0.29, 0.717) is 24.7 Å². The zero-order chi connectivity index (χ0) is 14.7. The Morgan fingerprint density at radius 1 is 1.15 bits per heavy atom. The van der Waals surface area contributed by atoms with Gasteiger partial charge >= 0.3 is 0 Å². The molecule has 0 saturated heterocycles. The van der Waals surface area contributed by atoms with Gasteiger partial charge in [-0.3, -0.25) is 10.4 Å². The van der Waals surface area contributed by atoms with Gasteiger partial charge in [0, 0.05) is 12.4 Å². The van der Waals surface area contributed by atoms with Gasteiger partial charge in [0.1, 0.15) is 5.75 Å². The van der Waals surface area contributed by atoms with E-state index in [1.807, 2.05) is 0 Å². The number of phenolic OH excluding ortho intramolecular Hbond substituents is 1. The summed E-state index contributed by atoms with van der Waals surface area (Å²) in [4.78, 5) is 3.85. The summed E-state index contributed by atoms with van der Waals surface area (Å²) in [6, 6.07) is 3.45. The fourth-order valence-electron chi connectivity index (χ4n) is 1.35. The second-order valence-corrected chi connectivity index (χ2v) is 6.20. The van der Waals surface area contributed by atoms with Crippen molar-refractivity contribution in [3.63, 3.8) is 0 Å². The Morgan fingerprint density at radius 2 is 1.70 bits per heavy atom. The third-order valence-corrected chi connectivity index (χ3v) is 4.06. The summed E-state index contributed by atoms with van der Waals surface area (Å²) in [7, 11) is 0. The average Bonchev–Trinajstić information content (AvgIpc) is 2.39. The summed E-state index contributed by atoms with van der Waals surface area (Å²) >= 11 is 18.4. The monoisotopic (exact) mass is 437 g/mol. The van der Waals surface area contributed by atoms with E-state index < -0.39 is 0 Å². The molecular weight excluding hydrogens is 433 g/mol. The number of halogens is 4. The van der Waals surface area contributed by atoms with Crippen molar-refractivity contribution < 1.29 is 5.11 Å². The van der Waals surface area contributed by atoms with Gasteiger partial charge in [-0.2, -0.15) is 5.10 Å². The van der Waals surface area contributed by atoms with Crippen LogP contribution in [0.1, 0.15) is 5.56 Å². The number of benzene rings is 1. The molecule has 0 saturated carbocycles. The fraction of sp³-hybridized carbons (Fsp3) is 0. The van der Waals surface area contributed by atoms with E-state index in [1.165, 1.54) is 12.4 Å². The second kappa shape index (κ2) is 6.76. The highest BCUT2D eigenvalue weighted by Crippen LogP contribution is 2.33. The highest BCUT2D eigenvalue weighted by atomic mass is 79.9. The van der Waals surface area contributed by atoms with Crippen molar-refractivity contribution in [3.05, 3.63) is 49.1 Å². The summed E-state index contributed by atoms with van der Waals surface area (Å²) in [5.41, 5.74) is 4.01. The van der Waals surface area contributed by atoms with Crippen LogP contribution in [-0.2, 0) is 0 Å². The predicted octanol–water partition coefficient (Wildman–Crippen LogP) is 5.07. The molecule has 1 heterocycles. The van der Waals surface area contributed by atoms with E-state index in [0.717, 1.165) is 5.56 Å². The molecular formula is C12H7Br2Cl2N3O. The van der Waals surface area contributed by atoms with Crippen LogP contribution in [0.2, 0.25) is 10.0 Å². The first-order valence-electron chi connectivity index (χ1n) is 5.25. The van der Waals surface area contributed by atoms with Gasteiger partial charge in [-0.05, 0) is 49.6 Å². The first kappa shape index (κ1) is 15.6. The number of aromatic hydroxyl groups is 1. The van der Waals surface area contributed by atoms with Crippen LogP contribution in [0.25, 0.3) is 0 Å². The van der Waals surface area contributed by atoms with Gasteiger partial charge < -0.3 is 5.11 Å². The second-order valence-electron chi connectivity index (χ2n) is 3.68. The molecule has 0 unspecified atom stereocenters. The van der Waals surface area contributed by atoms with Crippen molar-refractivity contribution >= 4 is 67.0 Å². The van der Waals surface area contributed by atoms with Crippen molar-refractivity contribution in [1.29, 1.82) is 0 Å². The lowest BCUT2D eigenvalue weighted by Gasteiger charge is -2.05. The number of nitrogens with one attached hydrogen (secondary N) is 1. The molecule has 4 nitrogen and oxygen atoms in total. The van der Waals surface area contributed by atoms with E-state index >= 15 is 0 Å². The van der Waals surface area contributed by atoms with Gasteiger partial charge in [0.2, 0.25) is 0 Å². The number of hydrogen-bond acceptors (Lipinski definition) is 4. The van der Waals surface area contributed by atoms with Crippen molar-refractivity contribution in [2.45, 2.75) is 0 Å². The zero-order valence-corrected chi connectivity index (χ0v) is 14.4. The number of aromatic nitrogens is 1. The average molecular weight is 440 g/mol. The van der Waals surface area contributed by atoms with E-state index in [9.17, 15) is 5.11 Å². The molecule has 0 aliphatic heterocycles. The number of pyridine rings is 1. The molecule has 0 spiro atoms. The van der Waals surface area contributed by atoms with Gasteiger partial charge in [0.15, 0.2) is 0 Å². The van der Waals surface area contributed by atoms with Crippen LogP contribution >= 0.6 is 55.1 Å². The first-order chi connectivity index (χ1) is 9.49. The first-order valence-corrected chi connectivity index (χ1v) is 7.59. The summed E-state index contributed by atoms with van der Waals surface area (Å²) in [5, 5.41) is 14.4. The SMILES string of the molecule is Oc1c(Br)cc(/C=N/Nc2c(Cl)cncc2Cl)cc1Br. The Morgan fingerprint density at radius 3 is 2.25 bits per heavy atom.